The molecule has 13 heteroatoms. The van der Waals surface area contributed by atoms with Gasteiger partial charge in [0.1, 0.15) is 20.4 Å². The third kappa shape index (κ3) is 4.73. The average Bonchev–Trinajstić information content (AvgIpc) is 3.21. The van der Waals surface area contributed by atoms with Gasteiger partial charge in [-0.05, 0) is 45.1 Å². The normalized spacial score (nSPS) is 18.4. The minimum absolute atomic E-state index is 0.0558. The first-order chi connectivity index (χ1) is 14.1. The number of halogens is 3. The number of pyridine rings is 1. The lowest BCUT2D eigenvalue weighted by Gasteiger charge is -2.19. The number of nitrogens with two attached hydrogens (primary N) is 1. The van der Waals surface area contributed by atoms with Gasteiger partial charge in [0, 0.05) is 5.69 Å². The summed E-state index contributed by atoms with van der Waals surface area (Å²) in [6, 6.07) is -1.27. The largest absolute Gasteiger partial charge is 0.420 e. The van der Waals surface area contributed by atoms with E-state index in [1.54, 1.807) is 0 Å². The molecule has 0 radical (unpaired) electrons. The Morgan fingerprint density at radius 3 is 2.61 bits per heavy atom. The Kier molecular flexibility index (Phi) is 5.93. The molecule has 3 rings (SSSR count). The van der Waals surface area contributed by atoms with E-state index >= 15 is 0 Å². The van der Waals surface area contributed by atoms with E-state index in [1.807, 2.05) is 6.92 Å². The molecule has 0 spiro atoms. The molecule has 2 heterocycles. The van der Waals surface area contributed by atoms with Crippen LogP contribution in [-0.2, 0) is 28.1 Å². The van der Waals surface area contributed by atoms with E-state index in [4.69, 9.17) is 5.14 Å². The van der Waals surface area contributed by atoms with Gasteiger partial charge in [-0.3, -0.25) is 4.98 Å². The van der Waals surface area contributed by atoms with Crippen molar-refractivity contribution >= 4 is 33.0 Å². The second-order valence-electron chi connectivity index (χ2n) is 7.88. The molecule has 1 aliphatic rings. The van der Waals surface area contributed by atoms with Crippen LogP contribution in [0.25, 0.3) is 0 Å². The third-order valence-corrected chi connectivity index (χ3v) is 8.03. The van der Waals surface area contributed by atoms with Crippen molar-refractivity contribution in [3.63, 3.8) is 0 Å². The predicted octanol–water partition coefficient (Wildman–Crippen LogP) is 4.08. The summed E-state index contributed by atoms with van der Waals surface area (Å²) in [7, 11) is -3.79. The number of nitrogens with one attached hydrogen (secondary N) is 1. The maximum atomic E-state index is 13.7. The molecule has 31 heavy (non-hydrogen) atoms. The lowest BCUT2D eigenvalue weighted by atomic mass is 10.0. The molecule has 2 amide bonds. The molecule has 2 aromatic rings. The van der Waals surface area contributed by atoms with Crippen LogP contribution in [0.3, 0.4) is 0 Å². The van der Waals surface area contributed by atoms with Gasteiger partial charge in [0.25, 0.3) is 0 Å². The summed E-state index contributed by atoms with van der Waals surface area (Å²) in [5.41, 5.74) is -2.29. The van der Waals surface area contributed by atoms with E-state index in [-0.39, 0.29) is 20.8 Å². The Labute approximate surface area is 181 Å². The average molecular weight is 478 g/mol. The predicted molar refractivity (Wildman–Crippen MR) is 110 cm³/mol. The fraction of sp³-hybridized carbons (Fsp3) is 0.500. The molecular formula is C18H22F3N5O3S2. The van der Waals surface area contributed by atoms with Crippen molar-refractivity contribution < 1.29 is 27.3 Å². The summed E-state index contributed by atoms with van der Waals surface area (Å²) in [6.45, 7) is 5.99. The summed E-state index contributed by atoms with van der Waals surface area (Å²) < 4.78 is 57.2. The van der Waals surface area contributed by atoms with Gasteiger partial charge in [-0.15, -0.1) is 15.7 Å². The lowest BCUT2D eigenvalue weighted by molar-refractivity contribution is -0.137. The zero-order valence-electron chi connectivity index (χ0n) is 17.2. The van der Waals surface area contributed by atoms with Crippen LogP contribution < -0.4 is 10.5 Å². The van der Waals surface area contributed by atoms with Gasteiger partial charge in [0.05, 0.1) is 17.6 Å². The number of nitrogens with zero attached hydrogens (tertiary/aromatic N) is 3. The maximum absolute atomic E-state index is 13.7. The van der Waals surface area contributed by atoms with Crippen molar-refractivity contribution in [2.45, 2.75) is 62.4 Å². The van der Waals surface area contributed by atoms with Gasteiger partial charge in [-0.1, -0.05) is 6.92 Å². The molecule has 2 aromatic heterocycles. The Balaban J connectivity index is 2.03. The lowest BCUT2D eigenvalue weighted by Crippen LogP contribution is -2.21. The number of anilines is 1. The number of amides is 2. The van der Waals surface area contributed by atoms with Crippen LogP contribution >= 0.6 is 11.3 Å². The zero-order chi connectivity index (χ0) is 23.4. The number of thiazole rings is 1. The summed E-state index contributed by atoms with van der Waals surface area (Å²) in [5, 5.41) is 18.0. The molecule has 0 saturated heterocycles. The van der Waals surface area contributed by atoms with Crippen molar-refractivity contribution in [2.24, 2.45) is 9.50 Å². The number of fused-ring (bicyclic) bond motifs is 1. The smallest absolute Gasteiger partial charge is 0.383 e. The molecule has 0 saturated carbocycles. The van der Waals surface area contributed by atoms with E-state index in [0.717, 1.165) is 17.5 Å². The molecule has 1 unspecified atom stereocenters. The van der Waals surface area contributed by atoms with E-state index in [0.29, 0.717) is 24.1 Å². The van der Waals surface area contributed by atoms with Gasteiger partial charge < -0.3 is 10.4 Å². The van der Waals surface area contributed by atoms with Crippen LogP contribution in [0.1, 0.15) is 60.6 Å². The minimum atomic E-state index is -4.76. The molecule has 0 bridgehead atoms. The van der Waals surface area contributed by atoms with Gasteiger partial charge in [-0.2, -0.15) is 13.2 Å². The number of aromatic nitrogens is 2. The molecule has 8 nitrogen and oxygen atoms in total. The summed E-state index contributed by atoms with van der Waals surface area (Å²) in [5.74, 6) is -0.0558. The van der Waals surface area contributed by atoms with Crippen molar-refractivity contribution in [3.05, 3.63) is 33.7 Å². The third-order valence-electron chi connectivity index (χ3n) is 4.84. The molecule has 0 fully saturated rings. The molecule has 0 aromatic carbocycles. The van der Waals surface area contributed by atoms with E-state index in [9.17, 15) is 27.3 Å². The second-order valence-corrected chi connectivity index (χ2v) is 10.9. The Morgan fingerprint density at radius 1 is 1.42 bits per heavy atom. The fourth-order valence-corrected chi connectivity index (χ4v) is 5.45. The molecule has 170 valence electrons. The number of hydrogen-bond acceptors (Lipinski definition) is 6. The number of rotatable bonds is 3. The first kappa shape index (κ1) is 23.6. The Morgan fingerprint density at radius 2 is 2.06 bits per heavy atom. The standard InChI is InChI=1S/C18H22F3N5O3S2/c1-8-5-6-10-13(8)24-9(2)12(18(19,20)21)14(10)25-16(27)26-31(22,29)11-7-23-15(30-11)17(3,4)28/h7-8,28H,5-6H2,1-4H3,(H3,22,24,25,26,27,29)/t8-,31?/m1/s1. The fourth-order valence-electron chi connectivity index (χ4n) is 3.38. The van der Waals surface area contributed by atoms with Crippen molar-refractivity contribution in [3.8, 4) is 0 Å². The molecule has 4 N–H and O–H groups in total. The van der Waals surface area contributed by atoms with Crippen LogP contribution in [0.5, 0.6) is 0 Å². The van der Waals surface area contributed by atoms with Crippen molar-refractivity contribution in [2.75, 3.05) is 5.32 Å². The van der Waals surface area contributed by atoms with Gasteiger partial charge >= 0.3 is 12.2 Å². The maximum Gasteiger partial charge on any atom is 0.420 e. The highest BCUT2D eigenvalue weighted by Crippen LogP contribution is 2.44. The number of aliphatic hydroxyl groups is 1. The van der Waals surface area contributed by atoms with Gasteiger partial charge in [-0.25, -0.2) is 19.1 Å². The van der Waals surface area contributed by atoms with Gasteiger partial charge in [0.2, 0.25) is 0 Å². The summed E-state index contributed by atoms with van der Waals surface area (Å²) >= 11 is 0.800. The zero-order valence-corrected chi connectivity index (χ0v) is 18.8. The monoisotopic (exact) mass is 477 g/mol. The highest BCUT2D eigenvalue weighted by Gasteiger charge is 2.40. The van der Waals surface area contributed by atoms with E-state index in [2.05, 4.69) is 19.6 Å². The molecule has 2 atom stereocenters. The topological polar surface area (TPSA) is 131 Å². The number of carbonyl (C=O) groups excluding carboxylic acids is 1. The molecule has 1 aliphatic carbocycles. The summed E-state index contributed by atoms with van der Waals surface area (Å²) in [6.07, 6.45) is -2.74. The highest BCUT2D eigenvalue weighted by molar-refractivity contribution is 7.93. The van der Waals surface area contributed by atoms with Crippen LogP contribution in [0.4, 0.5) is 23.7 Å². The number of alkyl halides is 3. The van der Waals surface area contributed by atoms with Crippen molar-refractivity contribution in [1.29, 1.82) is 0 Å². The number of urea groups is 1. The highest BCUT2D eigenvalue weighted by atomic mass is 32.2. The number of aryl methyl sites for hydroxylation is 1. The SMILES string of the molecule is Cc1nc2c(c(NC(=O)N=S(N)(=O)c3cnc(C(C)(C)O)s3)c1C(F)(F)F)CC[C@H]2C. The van der Waals surface area contributed by atoms with E-state index < -0.39 is 39.0 Å². The first-order valence-corrected chi connectivity index (χ1v) is 11.7. The first-order valence-electron chi connectivity index (χ1n) is 9.26. The molecular weight excluding hydrogens is 455 g/mol. The van der Waals surface area contributed by atoms with Crippen molar-refractivity contribution in [1.82, 2.24) is 9.97 Å². The van der Waals surface area contributed by atoms with Crippen LogP contribution in [0.2, 0.25) is 0 Å². The van der Waals surface area contributed by atoms with Gasteiger partial charge in [0.15, 0.2) is 9.92 Å². The van der Waals surface area contributed by atoms with Crippen LogP contribution in [0.15, 0.2) is 14.8 Å². The minimum Gasteiger partial charge on any atom is -0.383 e. The number of hydrogen-bond donors (Lipinski definition) is 3. The quantitative estimate of drug-likeness (QED) is 0.613. The Bertz CT molecular complexity index is 1160. The van der Waals surface area contributed by atoms with Crippen LogP contribution in [-0.4, -0.2) is 25.3 Å². The van der Waals surface area contributed by atoms with E-state index in [1.165, 1.54) is 20.8 Å². The molecule has 0 aliphatic heterocycles. The second kappa shape index (κ2) is 7.80. The number of carbonyl (C=O) groups is 1. The Hall–Kier alpha value is -2.09. The van der Waals surface area contributed by atoms with Crippen LogP contribution in [0, 0.1) is 6.92 Å². The summed E-state index contributed by atoms with van der Waals surface area (Å²) in [4.78, 5) is 20.5.